The lowest BCUT2D eigenvalue weighted by atomic mass is 10.6. The first-order valence-electron chi connectivity index (χ1n) is 3.10. The lowest BCUT2D eigenvalue weighted by Gasteiger charge is -2.18. The van der Waals surface area contributed by atoms with Crippen molar-refractivity contribution in [3.63, 3.8) is 0 Å². The van der Waals surface area contributed by atoms with Gasteiger partial charge in [-0.25, -0.2) is 0 Å². The van der Waals surface area contributed by atoms with E-state index in [9.17, 15) is 21.6 Å². The fourth-order valence-electron chi connectivity index (χ4n) is 0.517. The summed E-state index contributed by atoms with van der Waals surface area (Å²) in [5.41, 5.74) is 0. The molecule has 0 spiro atoms. The van der Waals surface area contributed by atoms with Crippen LogP contribution in [0.3, 0.4) is 0 Å². The van der Waals surface area contributed by atoms with Crippen LogP contribution in [0.5, 0.6) is 0 Å². The largest absolute Gasteiger partial charge is 0.403 e. The van der Waals surface area contributed by atoms with Gasteiger partial charge in [0.25, 0.3) is 0 Å². The molecule has 0 amide bonds. The number of hydrogen-bond donors (Lipinski definition) is 0. The lowest BCUT2D eigenvalue weighted by Crippen LogP contribution is -2.34. The summed E-state index contributed by atoms with van der Waals surface area (Å²) in [6, 6.07) is 0. The summed E-state index contributed by atoms with van der Waals surface area (Å²) in [7, 11) is 0.167. The first kappa shape index (κ1) is 12.9. The Morgan fingerprint density at radius 1 is 1.46 bits per heavy atom. The minimum atomic E-state index is -4.53. The van der Waals surface area contributed by atoms with Gasteiger partial charge in [-0.2, -0.15) is 30.9 Å². The predicted octanol–water partition coefficient (Wildman–Crippen LogP) is 1.29. The minimum absolute atomic E-state index is 0.197. The number of rotatable bonds is 4. The van der Waals surface area contributed by atoms with E-state index in [1.807, 2.05) is 0 Å². The third-order valence-corrected chi connectivity index (χ3v) is 1.46. The van der Waals surface area contributed by atoms with Crippen LogP contribution in [0.4, 0.5) is 13.2 Å². The molecule has 0 radical (unpaired) electrons. The molecule has 0 aliphatic carbocycles. The lowest BCUT2D eigenvalue weighted by molar-refractivity contribution is -0.191. The smallest absolute Gasteiger partial charge is 0.180 e. The average Bonchev–Trinajstić information content (AvgIpc) is 1.79. The van der Waals surface area contributed by atoms with Gasteiger partial charge in [0.1, 0.15) is 6.54 Å². The summed E-state index contributed by atoms with van der Waals surface area (Å²) in [4.78, 5) is 0. The van der Waals surface area contributed by atoms with E-state index in [4.69, 9.17) is 0 Å². The Kier molecular flexibility index (Phi) is 4.43. The molecule has 9 heteroatoms. The van der Waals surface area contributed by atoms with Crippen molar-refractivity contribution in [2.24, 2.45) is 0 Å². The van der Waals surface area contributed by atoms with Crippen molar-refractivity contribution >= 4 is 20.0 Å². The van der Waals surface area contributed by atoms with Crippen molar-refractivity contribution in [1.29, 1.82) is 0 Å². The first-order valence-corrected chi connectivity index (χ1v) is 5.33. The quantitative estimate of drug-likeness (QED) is 0.550. The van der Waals surface area contributed by atoms with Gasteiger partial charge < -0.3 is 0 Å². The van der Waals surface area contributed by atoms with Crippen LogP contribution in [0.2, 0.25) is 0 Å². The molecular formula is C4H7ClF3NO3S. The number of hydroxylamine groups is 2. The van der Waals surface area contributed by atoms with Gasteiger partial charge in [-0.1, -0.05) is 6.92 Å². The fraction of sp³-hybridized carbons (Fsp3) is 1.00. The minimum Gasteiger partial charge on any atom is -0.180 e. The molecule has 0 rings (SSSR count). The van der Waals surface area contributed by atoms with Crippen LogP contribution in [0, 0.1) is 0 Å². The van der Waals surface area contributed by atoms with Crippen LogP contribution in [0.25, 0.3) is 0 Å². The van der Waals surface area contributed by atoms with Crippen molar-refractivity contribution in [3.8, 4) is 0 Å². The molecule has 0 aliphatic rings. The molecule has 80 valence electrons. The molecule has 0 atom stereocenters. The molecular weight excluding hydrogens is 235 g/mol. The second-order valence-corrected chi connectivity index (χ2v) is 4.11. The fourth-order valence-corrected chi connectivity index (χ4v) is 1.17. The topological polar surface area (TPSA) is 46.6 Å². The maximum atomic E-state index is 11.7. The van der Waals surface area contributed by atoms with E-state index in [1.54, 1.807) is 0 Å². The summed E-state index contributed by atoms with van der Waals surface area (Å²) in [6.07, 6.45) is -4.53. The number of nitrogens with zero attached hydrogens (tertiary/aromatic N) is 1. The van der Waals surface area contributed by atoms with Crippen molar-refractivity contribution in [2.45, 2.75) is 13.1 Å². The van der Waals surface area contributed by atoms with Crippen LogP contribution >= 0.6 is 10.7 Å². The highest BCUT2D eigenvalue weighted by Crippen LogP contribution is 2.17. The Morgan fingerprint density at radius 3 is 2.15 bits per heavy atom. The maximum absolute atomic E-state index is 11.7. The van der Waals surface area contributed by atoms with E-state index in [-0.39, 0.29) is 11.6 Å². The molecule has 0 N–H and O–H groups in total. The summed E-state index contributed by atoms with van der Waals surface area (Å²) < 4.78 is 59.4. The van der Waals surface area contributed by atoms with Crippen molar-refractivity contribution in [3.05, 3.63) is 0 Å². The zero-order chi connectivity index (χ0) is 10.7. The second-order valence-electron chi connectivity index (χ2n) is 2.04. The van der Waals surface area contributed by atoms with Crippen LogP contribution in [0.1, 0.15) is 6.92 Å². The van der Waals surface area contributed by atoms with Gasteiger partial charge in [0.2, 0.25) is 0 Å². The van der Waals surface area contributed by atoms with E-state index in [0.29, 0.717) is 0 Å². The zero-order valence-corrected chi connectivity index (χ0v) is 8.08. The first-order chi connectivity index (χ1) is 5.64. The van der Waals surface area contributed by atoms with E-state index in [0.717, 1.165) is 0 Å². The monoisotopic (exact) mass is 241 g/mol. The van der Waals surface area contributed by atoms with Gasteiger partial charge in [0.15, 0.2) is 0 Å². The Morgan fingerprint density at radius 2 is 1.92 bits per heavy atom. The van der Waals surface area contributed by atoms with Crippen LogP contribution in [-0.4, -0.2) is 32.7 Å². The number of halogens is 4. The molecule has 0 unspecified atom stereocenters. The Balaban J connectivity index is 4.22. The average molecular weight is 242 g/mol. The zero-order valence-electron chi connectivity index (χ0n) is 6.51. The molecule has 0 aromatic rings. The van der Waals surface area contributed by atoms with Gasteiger partial charge in [-0.15, -0.1) is 0 Å². The standard InChI is InChI=1S/C4H7ClF3NO3S/c1-2-9(3-4(6,7)8)12-13(5,10)11/h2-3H2,1H3. The van der Waals surface area contributed by atoms with E-state index in [2.05, 4.69) is 15.0 Å². The summed E-state index contributed by atoms with van der Waals surface area (Å²) >= 11 is 0. The summed E-state index contributed by atoms with van der Waals surface area (Å²) in [5.74, 6) is 0. The van der Waals surface area contributed by atoms with E-state index < -0.39 is 22.1 Å². The van der Waals surface area contributed by atoms with Gasteiger partial charge in [-0.05, 0) is 0 Å². The molecule has 0 heterocycles. The van der Waals surface area contributed by atoms with E-state index in [1.165, 1.54) is 6.92 Å². The van der Waals surface area contributed by atoms with Gasteiger partial charge in [-0.3, -0.25) is 0 Å². The van der Waals surface area contributed by atoms with Crippen LogP contribution in [-0.2, 0) is 13.6 Å². The van der Waals surface area contributed by atoms with Crippen LogP contribution in [0.15, 0.2) is 0 Å². The molecule has 0 aromatic heterocycles. The van der Waals surface area contributed by atoms with E-state index >= 15 is 0 Å². The van der Waals surface area contributed by atoms with Crippen molar-refractivity contribution < 1.29 is 25.9 Å². The molecule has 0 saturated heterocycles. The van der Waals surface area contributed by atoms with Gasteiger partial charge >= 0.3 is 15.5 Å². The molecule has 4 nitrogen and oxygen atoms in total. The number of alkyl halides is 3. The molecule has 0 saturated carbocycles. The highest BCUT2D eigenvalue weighted by Gasteiger charge is 2.32. The Hall–Kier alpha value is -0.0500. The maximum Gasteiger partial charge on any atom is 0.403 e. The Labute approximate surface area is 77.8 Å². The highest BCUT2D eigenvalue weighted by atomic mass is 35.7. The second kappa shape index (κ2) is 4.45. The number of hydrogen-bond acceptors (Lipinski definition) is 4. The SMILES string of the molecule is CCN(CC(F)(F)F)OS(=O)(=O)Cl. The summed E-state index contributed by atoms with van der Waals surface area (Å²) in [5, 5.41) is 0.197. The van der Waals surface area contributed by atoms with Gasteiger partial charge in [0, 0.05) is 6.54 Å². The van der Waals surface area contributed by atoms with Crippen LogP contribution < -0.4 is 0 Å². The predicted molar refractivity (Wildman–Crippen MR) is 39.2 cm³/mol. The summed E-state index contributed by atoms with van der Waals surface area (Å²) in [6.45, 7) is -0.436. The Bertz CT molecular complexity index is 252. The van der Waals surface area contributed by atoms with Crippen molar-refractivity contribution in [1.82, 2.24) is 5.06 Å². The molecule has 0 bridgehead atoms. The molecule has 0 aromatic carbocycles. The third-order valence-electron chi connectivity index (χ3n) is 0.903. The molecule has 0 fully saturated rings. The van der Waals surface area contributed by atoms with Crippen molar-refractivity contribution in [2.75, 3.05) is 13.1 Å². The normalized spacial score (nSPS) is 13.7. The van der Waals surface area contributed by atoms with Gasteiger partial charge in [0.05, 0.1) is 10.7 Å². The molecule has 0 aliphatic heterocycles. The molecule has 13 heavy (non-hydrogen) atoms. The third kappa shape index (κ3) is 8.28. The highest BCUT2D eigenvalue weighted by molar-refractivity contribution is 8.09.